The van der Waals surface area contributed by atoms with Gasteiger partial charge in [0.1, 0.15) is 29.0 Å². The molecular weight excluding hydrogens is 404 g/mol. The van der Waals surface area contributed by atoms with Crippen molar-refractivity contribution in [2.75, 3.05) is 7.05 Å². The van der Waals surface area contributed by atoms with Gasteiger partial charge in [-0.2, -0.15) is 8.78 Å². The molecule has 1 unspecified atom stereocenters. The molecule has 2 aromatic rings. The highest BCUT2D eigenvalue weighted by molar-refractivity contribution is 5.98. The molecule has 0 heterocycles. The quantitative estimate of drug-likeness (QED) is 0.650. The van der Waals surface area contributed by atoms with Gasteiger partial charge < -0.3 is 15.0 Å². The highest BCUT2D eigenvalue weighted by atomic mass is 19.3. The lowest BCUT2D eigenvalue weighted by molar-refractivity contribution is -0.133. The van der Waals surface area contributed by atoms with Crippen molar-refractivity contribution in [1.29, 1.82) is 0 Å². The van der Waals surface area contributed by atoms with Crippen LogP contribution in [-0.4, -0.2) is 36.4 Å². The maximum atomic E-state index is 13.9. The fraction of sp³-hybridized carbons (Fsp3) is 0.333. The van der Waals surface area contributed by atoms with Gasteiger partial charge in [0, 0.05) is 13.6 Å². The molecule has 1 atom stereocenters. The highest BCUT2D eigenvalue weighted by Crippen LogP contribution is 2.17. The maximum absolute atomic E-state index is 13.9. The molecule has 0 saturated heterocycles. The zero-order valence-electron chi connectivity index (χ0n) is 16.7. The predicted octanol–water partition coefficient (Wildman–Crippen LogP) is 3.98. The van der Waals surface area contributed by atoms with Crippen LogP contribution >= 0.6 is 0 Å². The van der Waals surface area contributed by atoms with Gasteiger partial charge in [-0.1, -0.05) is 32.0 Å². The number of alkyl halides is 2. The van der Waals surface area contributed by atoms with Gasteiger partial charge in [-0.15, -0.1) is 0 Å². The van der Waals surface area contributed by atoms with E-state index in [0.29, 0.717) is 5.56 Å². The van der Waals surface area contributed by atoms with Crippen LogP contribution in [0.1, 0.15) is 29.8 Å². The molecule has 0 bridgehead atoms. The van der Waals surface area contributed by atoms with E-state index < -0.39 is 41.7 Å². The van der Waals surface area contributed by atoms with Gasteiger partial charge in [0.05, 0.1) is 0 Å². The first-order chi connectivity index (χ1) is 14.1. The number of likely N-dealkylation sites (N-methyl/N-ethyl adjacent to an activating group) is 1. The molecular formula is C21H22F4N2O3. The van der Waals surface area contributed by atoms with E-state index in [1.165, 1.54) is 36.2 Å². The minimum absolute atomic E-state index is 0.0121. The van der Waals surface area contributed by atoms with E-state index in [2.05, 4.69) is 10.1 Å². The lowest BCUT2D eigenvalue weighted by atomic mass is 10.0. The van der Waals surface area contributed by atoms with E-state index in [9.17, 15) is 27.2 Å². The first-order valence-electron chi connectivity index (χ1n) is 9.13. The zero-order chi connectivity index (χ0) is 22.4. The van der Waals surface area contributed by atoms with E-state index >= 15 is 0 Å². The van der Waals surface area contributed by atoms with Crippen molar-refractivity contribution in [3.63, 3.8) is 0 Å². The van der Waals surface area contributed by atoms with Crippen LogP contribution < -0.4 is 10.1 Å². The van der Waals surface area contributed by atoms with Crippen molar-refractivity contribution in [2.45, 2.75) is 33.0 Å². The summed E-state index contributed by atoms with van der Waals surface area (Å²) in [5.74, 6) is -3.92. The van der Waals surface area contributed by atoms with Crippen molar-refractivity contribution in [3.8, 4) is 5.75 Å². The summed E-state index contributed by atoms with van der Waals surface area (Å²) in [6, 6.07) is 7.78. The fourth-order valence-corrected chi connectivity index (χ4v) is 2.81. The minimum Gasteiger partial charge on any atom is -0.435 e. The molecule has 0 aliphatic carbocycles. The Morgan fingerprint density at radius 1 is 1.03 bits per heavy atom. The summed E-state index contributed by atoms with van der Waals surface area (Å²) in [4.78, 5) is 26.5. The molecule has 162 valence electrons. The van der Waals surface area contributed by atoms with Crippen LogP contribution in [0.5, 0.6) is 5.75 Å². The molecule has 0 aliphatic rings. The summed E-state index contributed by atoms with van der Waals surface area (Å²) in [7, 11) is 1.50. The molecule has 0 aromatic heterocycles. The van der Waals surface area contributed by atoms with Crippen LogP contribution in [0.4, 0.5) is 17.6 Å². The monoisotopic (exact) mass is 426 g/mol. The largest absolute Gasteiger partial charge is 0.435 e. The number of hydrogen-bond donors (Lipinski definition) is 1. The Balaban J connectivity index is 2.09. The third-order valence-corrected chi connectivity index (χ3v) is 4.35. The van der Waals surface area contributed by atoms with Gasteiger partial charge >= 0.3 is 6.61 Å². The van der Waals surface area contributed by atoms with E-state index in [1.54, 1.807) is 13.8 Å². The number of halogens is 4. The molecule has 0 spiro atoms. The van der Waals surface area contributed by atoms with E-state index in [1.807, 2.05) is 0 Å². The van der Waals surface area contributed by atoms with E-state index in [0.717, 1.165) is 18.2 Å². The molecule has 2 amide bonds. The number of amides is 2. The fourth-order valence-electron chi connectivity index (χ4n) is 2.81. The Morgan fingerprint density at radius 2 is 1.60 bits per heavy atom. The molecule has 1 N–H and O–H groups in total. The van der Waals surface area contributed by atoms with Gasteiger partial charge in [-0.25, -0.2) is 8.78 Å². The summed E-state index contributed by atoms with van der Waals surface area (Å²) in [5.41, 5.74) is -0.116. The second-order valence-corrected chi connectivity index (χ2v) is 7.01. The predicted molar refractivity (Wildman–Crippen MR) is 102 cm³/mol. The van der Waals surface area contributed by atoms with Crippen molar-refractivity contribution in [2.24, 2.45) is 5.92 Å². The molecule has 0 saturated carbocycles. The van der Waals surface area contributed by atoms with Crippen molar-refractivity contribution >= 4 is 11.8 Å². The van der Waals surface area contributed by atoms with Crippen LogP contribution in [0.15, 0.2) is 42.5 Å². The standard InChI is InChI=1S/C21H22F4N2O3/c1-12(2)18(26-19(28)17-15(22)5-4-6-16(17)23)20(29)27(3)11-13-7-9-14(10-8-13)30-21(24)25/h4-10,12,18,21H,11H2,1-3H3,(H,26,28). The molecule has 0 aliphatic heterocycles. The van der Waals surface area contributed by atoms with E-state index in [-0.39, 0.29) is 18.2 Å². The van der Waals surface area contributed by atoms with E-state index in [4.69, 9.17) is 0 Å². The third kappa shape index (κ3) is 5.95. The Labute approximate surface area is 171 Å². The molecule has 5 nitrogen and oxygen atoms in total. The molecule has 9 heteroatoms. The zero-order valence-corrected chi connectivity index (χ0v) is 16.7. The van der Waals surface area contributed by atoms with Crippen LogP contribution in [0.3, 0.4) is 0 Å². The summed E-state index contributed by atoms with van der Waals surface area (Å²) in [6.07, 6.45) is 0. The number of nitrogens with zero attached hydrogens (tertiary/aromatic N) is 1. The van der Waals surface area contributed by atoms with Gasteiger partial charge in [-0.05, 0) is 35.7 Å². The number of ether oxygens (including phenoxy) is 1. The highest BCUT2D eigenvalue weighted by Gasteiger charge is 2.29. The Bertz CT molecular complexity index is 868. The topological polar surface area (TPSA) is 58.6 Å². The average molecular weight is 426 g/mol. The molecule has 30 heavy (non-hydrogen) atoms. The summed E-state index contributed by atoms with van der Waals surface area (Å²) >= 11 is 0. The van der Waals surface area contributed by atoms with Gasteiger partial charge in [-0.3, -0.25) is 9.59 Å². The van der Waals surface area contributed by atoms with Gasteiger partial charge in [0.15, 0.2) is 0 Å². The first-order valence-corrected chi connectivity index (χ1v) is 9.13. The lowest BCUT2D eigenvalue weighted by Gasteiger charge is -2.27. The van der Waals surface area contributed by atoms with Crippen LogP contribution in [0.25, 0.3) is 0 Å². The SMILES string of the molecule is CC(C)C(NC(=O)c1c(F)cccc1F)C(=O)N(C)Cc1ccc(OC(F)F)cc1. The molecule has 2 rings (SSSR count). The number of rotatable bonds is 8. The number of benzene rings is 2. The van der Waals surface area contributed by atoms with Gasteiger partial charge in [0.25, 0.3) is 5.91 Å². The Morgan fingerprint density at radius 3 is 2.10 bits per heavy atom. The number of carbonyl (C=O) groups is 2. The maximum Gasteiger partial charge on any atom is 0.387 e. The van der Waals surface area contributed by atoms with Gasteiger partial charge in [0.2, 0.25) is 5.91 Å². The van der Waals surface area contributed by atoms with Crippen molar-refractivity contribution in [3.05, 3.63) is 65.2 Å². The first kappa shape index (κ1) is 23.2. The van der Waals surface area contributed by atoms with Crippen LogP contribution in [0.2, 0.25) is 0 Å². The van der Waals surface area contributed by atoms with Crippen molar-refractivity contribution < 1.29 is 31.9 Å². The number of hydrogen-bond acceptors (Lipinski definition) is 3. The lowest BCUT2D eigenvalue weighted by Crippen LogP contribution is -2.50. The molecule has 0 radical (unpaired) electrons. The second-order valence-electron chi connectivity index (χ2n) is 7.01. The third-order valence-electron chi connectivity index (χ3n) is 4.35. The Hall–Kier alpha value is -3.10. The Kier molecular flexibility index (Phi) is 7.79. The summed E-state index contributed by atoms with van der Waals surface area (Å²) in [6.45, 7) is 0.561. The minimum atomic E-state index is -2.94. The molecule has 0 fully saturated rings. The molecule has 2 aromatic carbocycles. The van der Waals surface area contributed by atoms with Crippen LogP contribution in [-0.2, 0) is 11.3 Å². The van der Waals surface area contributed by atoms with Crippen molar-refractivity contribution in [1.82, 2.24) is 10.2 Å². The smallest absolute Gasteiger partial charge is 0.387 e. The number of nitrogens with one attached hydrogen (secondary N) is 1. The van der Waals surface area contributed by atoms with Crippen LogP contribution in [0, 0.1) is 17.6 Å². The average Bonchev–Trinajstić information content (AvgIpc) is 2.66. The summed E-state index contributed by atoms with van der Waals surface area (Å²) < 4.78 is 56.4. The summed E-state index contributed by atoms with van der Waals surface area (Å²) in [5, 5.41) is 2.40. The normalized spacial score (nSPS) is 12.0. The second kappa shape index (κ2) is 10.1. The number of carbonyl (C=O) groups excluding carboxylic acids is 2.